The molecule has 1 amide bonds. The third kappa shape index (κ3) is 4.34. The van der Waals surface area contributed by atoms with E-state index in [1.165, 1.54) is 18.2 Å². The first-order valence-corrected chi connectivity index (χ1v) is 7.36. The zero-order chi connectivity index (χ0) is 18.6. The second-order valence-electron chi connectivity index (χ2n) is 5.22. The van der Waals surface area contributed by atoms with Crippen LogP contribution in [0.2, 0.25) is 0 Å². The molecule has 1 heterocycles. The maximum Gasteiger partial charge on any atom is 0.418 e. The van der Waals surface area contributed by atoms with Crippen LogP contribution in [0.15, 0.2) is 30.5 Å². The highest BCUT2D eigenvalue weighted by atomic mass is 19.4. The number of amides is 1. The third-order valence-corrected chi connectivity index (χ3v) is 3.36. The Morgan fingerprint density at radius 3 is 2.60 bits per heavy atom. The number of aromatic nitrogens is 3. The summed E-state index contributed by atoms with van der Waals surface area (Å²) in [5.41, 5.74) is -1.49. The standard InChI is InChI=1S/C15H15F3N4O3/c1-2-5-10(14(24)25)19-13(23)11-8-22(21-20-11)12-7-4-3-6-9(12)15(16,17)18/h3-4,6-8,10H,2,5H2,1H3,(H,19,23)(H,24,25). The van der Waals surface area contributed by atoms with Gasteiger partial charge in [0.25, 0.3) is 5.91 Å². The molecule has 25 heavy (non-hydrogen) atoms. The summed E-state index contributed by atoms with van der Waals surface area (Å²) in [6, 6.07) is 3.60. The zero-order valence-electron chi connectivity index (χ0n) is 13.1. The van der Waals surface area contributed by atoms with Gasteiger partial charge >= 0.3 is 12.1 Å². The Morgan fingerprint density at radius 2 is 2.00 bits per heavy atom. The van der Waals surface area contributed by atoms with Crippen molar-refractivity contribution < 1.29 is 27.9 Å². The minimum Gasteiger partial charge on any atom is -0.480 e. The van der Waals surface area contributed by atoms with Gasteiger partial charge in [0.05, 0.1) is 17.4 Å². The Morgan fingerprint density at radius 1 is 1.32 bits per heavy atom. The molecule has 10 heteroatoms. The van der Waals surface area contributed by atoms with Crippen LogP contribution in [-0.2, 0) is 11.0 Å². The monoisotopic (exact) mass is 356 g/mol. The average Bonchev–Trinajstić information content (AvgIpc) is 3.03. The molecular formula is C15H15F3N4O3. The number of carboxylic acids is 1. The van der Waals surface area contributed by atoms with Crippen molar-refractivity contribution in [2.45, 2.75) is 32.0 Å². The van der Waals surface area contributed by atoms with Crippen LogP contribution < -0.4 is 5.32 Å². The van der Waals surface area contributed by atoms with Crippen LogP contribution in [0, 0.1) is 0 Å². The fraction of sp³-hybridized carbons (Fsp3) is 0.333. The summed E-state index contributed by atoms with van der Waals surface area (Å²) in [5.74, 6) is -2.03. The molecule has 1 unspecified atom stereocenters. The summed E-state index contributed by atoms with van der Waals surface area (Å²) in [5, 5.41) is 18.4. The summed E-state index contributed by atoms with van der Waals surface area (Å²) in [4.78, 5) is 23.1. The van der Waals surface area contributed by atoms with Crippen LogP contribution in [0.25, 0.3) is 5.69 Å². The van der Waals surface area contributed by atoms with Crippen LogP contribution in [0.3, 0.4) is 0 Å². The molecule has 0 aliphatic rings. The molecule has 0 saturated heterocycles. The normalized spacial score (nSPS) is 12.6. The highest BCUT2D eigenvalue weighted by molar-refractivity contribution is 5.94. The number of carbonyl (C=O) groups is 2. The smallest absolute Gasteiger partial charge is 0.418 e. The fourth-order valence-corrected chi connectivity index (χ4v) is 2.18. The van der Waals surface area contributed by atoms with E-state index in [0.717, 1.165) is 16.9 Å². The summed E-state index contributed by atoms with van der Waals surface area (Å²) in [6.07, 6.45) is -2.83. The van der Waals surface area contributed by atoms with Crippen molar-refractivity contribution in [2.24, 2.45) is 0 Å². The van der Waals surface area contributed by atoms with E-state index in [-0.39, 0.29) is 17.8 Å². The van der Waals surface area contributed by atoms with Gasteiger partial charge in [0.1, 0.15) is 6.04 Å². The van der Waals surface area contributed by atoms with Crippen molar-refractivity contribution in [2.75, 3.05) is 0 Å². The quantitative estimate of drug-likeness (QED) is 0.828. The van der Waals surface area contributed by atoms with Crippen LogP contribution in [0.1, 0.15) is 35.8 Å². The molecule has 0 fully saturated rings. The van der Waals surface area contributed by atoms with Crippen molar-refractivity contribution >= 4 is 11.9 Å². The molecule has 1 atom stereocenters. The van der Waals surface area contributed by atoms with Crippen LogP contribution in [0.5, 0.6) is 0 Å². The van der Waals surface area contributed by atoms with E-state index in [0.29, 0.717) is 6.42 Å². The second kappa shape index (κ2) is 7.32. The maximum atomic E-state index is 13.0. The van der Waals surface area contributed by atoms with Gasteiger partial charge in [0.2, 0.25) is 0 Å². The van der Waals surface area contributed by atoms with Gasteiger partial charge in [-0.15, -0.1) is 5.10 Å². The lowest BCUT2D eigenvalue weighted by Gasteiger charge is -2.12. The molecule has 7 nitrogen and oxygen atoms in total. The van der Waals surface area contributed by atoms with E-state index < -0.39 is 29.7 Å². The lowest BCUT2D eigenvalue weighted by molar-refractivity contribution is -0.139. The van der Waals surface area contributed by atoms with Crippen LogP contribution in [-0.4, -0.2) is 38.0 Å². The summed E-state index contributed by atoms with van der Waals surface area (Å²) in [6.45, 7) is 1.76. The molecule has 1 aromatic heterocycles. The number of aliphatic carboxylic acids is 1. The van der Waals surface area contributed by atoms with Crippen LogP contribution in [0.4, 0.5) is 13.2 Å². The average molecular weight is 356 g/mol. The lowest BCUT2D eigenvalue weighted by atomic mass is 10.1. The van der Waals surface area contributed by atoms with E-state index in [9.17, 15) is 22.8 Å². The highest BCUT2D eigenvalue weighted by Crippen LogP contribution is 2.33. The third-order valence-electron chi connectivity index (χ3n) is 3.36. The predicted molar refractivity (Wildman–Crippen MR) is 80.2 cm³/mol. The molecule has 0 aliphatic heterocycles. The summed E-state index contributed by atoms with van der Waals surface area (Å²) >= 11 is 0. The molecule has 0 saturated carbocycles. The molecule has 2 aromatic rings. The SMILES string of the molecule is CCCC(NC(=O)c1cn(-c2ccccc2C(F)(F)F)nn1)C(=O)O. The van der Waals surface area contributed by atoms with E-state index in [1.54, 1.807) is 6.92 Å². The van der Waals surface area contributed by atoms with Crippen molar-refractivity contribution in [3.63, 3.8) is 0 Å². The van der Waals surface area contributed by atoms with Gasteiger partial charge < -0.3 is 10.4 Å². The van der Waals surface area contributed by atoms with Gasteiger partial charge in [-0.3, -0.25) is 4.79 Å². The number of rotatable bonds is 6. The Bertz CT molecular complexity index is 773. The predicted octanol–water partition coefficient (Wildman–Crippen LogP) is 2.27. The number of alkyl halides is 3. The minimum absolute atomic E-state index is 0.214. The number of carboxylic acid groups (broad SMARTS) is 1. The largest absolute Gasteiger partial charge is 0.480 e. The summed E-state index contributed by atoms with van der Waals surface area (Å²) in [7, 11) is 0. The Balaban J connectivity index is 2.26. The number of nitrogens with one attached hydrogen (secondary N) is 1. The van der Waals surface area contributed by atoms with E-state index in [2.05, 4.69) is 15.6 Å². The number of carbonyl (C=O) groups excluding carboxylic acids is 1. The number of nitrogens with zero attached hydrogens (tertiary/aromatic N) is 3. The zero-order valence-corrected chi connectivity index (χ0v) is 13.1. The minimum atomic E-state index is -4.60. The fourth-order valence-electron chi connectivity index (χ4n) is 2.18. The molecule has 2 rings (SSSR count). The first kappa shape index (κ1) is 18.4. The van der Waals surface area contributed by atoms with Gasteiger partial charge in [-0.2, -0.15) is 13.2 Å². The highest BCUT2D eigenvalue weighted by Gasteiger charge is 2.34. The number of halogens is 3. The van der Waals surface area contributed by atoms with E-state index in [1.807, 2.05) is 0 Å². The molecule has 0 aliphatic carbocycles. The number of benzene rings is 1. The number of hydrogen-bond acceptors (Lipinski definition) is 4. The van der Waals surface area contributed by atoms with Crippen molar-refractivity contribution in [3.8, 4) is 5.69 Å². The molecule has 134 valence electrons. The van der Waals surface area contributed by atoms with E-state index >= 15 is 0 Å². The Kier molecular flexibility index (Phi) is 5.40. The van der Waals surface area contributed by atoms with Gasteiger partial charge in [0, 0.05) is 0 Å². The Labute approximate surface area is 140 Å². The molecule has 0 bridgehead atoms. The van der Waals surface area contributed by atoms with Crippen molar-refractivity contribution in [1.82, 2.24) is 20.3 Å². The number of hydrogen-bond donors (Lipinski definition) is 2. The first-order valence-electron chi connectivity index (χ1n) is 7.36. The van der Waals surface area contributed by atoms with Crippen LogP contribution >= 0.6 is 0 Å². The Hall–Kier alpha value is -2.91. The van der Waals surface area contributed by atoms with Gasteiger partial charge in [-0.1, -0.05) is 30.7 Å². The van der Waals surface area contributed by atoms with Crippen molar-refractivity contribution in [3.05, 3.63) is 41.7 Å². The van der Waals surface area contributed by atoms with Gasteiger partial charge in [-0.25, -0.2) is 9.48 Å². The molecule has 0 spiro atoms. The summed E-state index contributed by atoms with van der Waals surface area (Å²) < 4.78 is 39.9. The van der Waals surface area contributed by atoms with E-state index in [4.69, 9.17) is 5.11 Å². The number of para-hydroxylation sites is 1. The maximum absolute atomic E-state index is 13.0. The second-order valence-corrected chi connectivity index (χ2v) is 5.22. The lowest BCUT2D eigenvalue weighted by Crippen LogP contribution is -2.40. The molecule has 2 N–H and O–H groups in total. The molecule has 0 radical (unpaired) electrons. The first-order chi connectivity index (χ1) is 11.7. The van der Waals surface area contributed by atoms with Gasteiger partial charge in [-0.05, 0) is 18.6 Å². The molecule has 1 aromatic carbocycles. The molecular weight excluding hydrogens is 341 g/mol. The topological polar surface area (TPSA) is 97.1 Å². The van der Waals surface area contributed by atoms with Gasteiger partial charge in [0.15, 0.2) is 5.69 Å². The van der Waals surface area contributed by atoms with Crippen molar-refractivity contribution in [1.29, 1.82) is 0 Å².